The standard InChI is InChI=1S/C20H18N4O3S2/c1-27-14-7-4-6-13(12-14)21-19-22-23-20(29-19)28-11-5-10-24-17(25)15-8-2-3-9-16(15)18(24)26/h2-4,6-9,12H,5,10-11H2,1H3,(H,21,22). The largest absolute Gasteiger partial charge is 0.497 e. The smallest absolute Gasteiger partial charge is 0.261 e. The molecule has 148 valence electrons. The van der Waals surface area contributed by atoms with E-state index in [9.17, 15) is 9.59 Å². The van der Waals surface area contributed by atoms with Gasteiger partial charge in [0, 0.05) is 24.1 Å². The Kier molecular flexibility index (Phi) is 5.77. The van der Waals surface area contributed by atoms with Crippen molar-refractivity contribution >= 4 is 45.7 Å². The van der Waals surface area contributed by atoms with Crippen molar-refractivity contribution in [1.82, 2.24) is 15.1 Å². The van der Waals surface area contributed by atoms with Crippen LogP contribution in [0.15, 0.2) is 52.9 Å². The van der Waals surface area contributed by atoms with Crippen LogP contribution in [0.1, 0.15) is 27.1 Å². The number of carbonyl (C=O) groups is 2. The van der Waals surface area contributed by atoms with E-state index in [1.807, 2.05) is 24.3 Å². The number of nitrogens with one attached hydrogen (secondary N) is 1. The SMILES string of the molecule is COc1cccc(Nc2nnc(SCCCN3C(=O)c4ccccc4C3=O)s2)c1. The third-order valence-corrected chi connectivity index (χ3v) is 6.42. The molecule has 2 aromatic carbocycles. The molecule has 2 amide bonds. The number of aromatic nitrogens is 2. The van der Waals surface area contributed by atoms with Crippen LogP contribution in [0.25, 0.3) is 0 Å². The van der Waals surface area contributed by atoms with Gasteiger partial charge >= 0.3 is 0 Å². The topological polar surface area (TPSA) is 84.4 Å². The number of nitrogens with zero attached hydrogens (tertiary/aromatic N) is 3. The van der Waals surface area contributed by atoms with Gasteiger partial charge in [0.1, 0.15) is 5.75 Å². The monoisotopic (exact) mass is 426 g/mol. The second kappa shape index (κ2) is 8.62. The summed E-state index contributed by atoms with van der Waals surface area (Å²) in [6, 6.07) is 14.5. The second-order valence-electron chi connectivity index (χ2n) is 6.24. The highest BCUT2D eigenvalue weighted by Crippen LogP contribution is 2.29. The first-order valence-electron chi connectivity index (χ1n) is 8.98. The first kappa shape index (κ1) is 19.4. The number of methoxy groups -OCH3 is 1. The molecule has 1 aromatic heterocycles. The van der Waals surface area contributed by atoms with Crippen LogP contribution < -0.4 is 10.1 Å². The van der Waals surface area contributed by atoms with Gasteiger partial charge in [0.2, 0.25) is 5.13 Å². The molecular formula is C20H18N4O3S2. The highest BCUT2D eigenvalue weighted by Gasteiger charge is 2.34. The molecule has 4 rings (SSSR count). The highest BCUT2D eigenvalue weighted by molar-refractivity contribution is 8.01. The summed E-state index contributed by atoms with van der Waals surface area (Å²) in [6.07, 6.45) is 0.689. The summed E-state index contributed by atoms with van der Waals surface area (Å²) in [5, 5.41) is 12.2. The van der Waals surface area contributed by atoms with Crippen LogP contribution in [0.5, 0.6) is 5.75 Å². The van der Waals surface area contributed by atoms with Crippen molar-refractivity contribution in [3.05, 3.63) is 59.7 Å². The number of hydrogen-bond donors (Lipinski definition) is 1. The molecule has 0 atom stereocenters. The van der Waals surface area contributed by atoms with Crippen LogP contribution in [-0.2, 0) is 0 Å². The third kappa shape index (κ3) is 4.25. The number of benzene rings is 2. The van der Waals surface area contributed by atoms with Gasteiger partial charge < -0.3 is 10.1 Å². The molecule has 0 unspecified atom stereocenters. The number of anilines is 2. The number of thioether (sulfide) groups is 1. The van der Waals surface area contributed by atoms with Gasteiger partial charge in [-0.05, 0) is 30.7 Å². The number of ether oxygens (including phenoxy) is 1. The molecule has 3 aromatic rings. The Labute approximate surface area is 176 Å². The average Bonchev–Trinajstić information content (AvgIpc) is 3.29. The van der Waals surface area contributed by atoms with Crippen LogP contribution in [0, 0.1) is 0 Å². The molecule has 1 aliphatic rings. The summed E-state index contributed by atoms with van der Waals surface area (Å²) in [4.78, 5) is 26.0. The predicted molar refractivity (Wildman–Crippen MR) is 113 cm³/mol. The van der Waals surface area contributed by atoms with Crippen LogP contribution in [0.3, 0.4) is 0 Å². The summed E-state index contributed by atoms with van der Waals surface area (Å²) in [7, 11) is 1.63. The quantitative estimate of drug-likeness (QED) is 0.330. The van der Waals surface area contributed by atoms with Crippen molar-refractivity contribution in [1.29, 1.82) is 0 Å². The molecule has 0 saturated heterocycles. The van der Waals surface area contributed by atoms with Gasteiger partial charge in [-0.15, -0.1) is 10.2 Å². The molecule has 1 aliphatic heterocycles. The van der Waals surface area contributed by atoms with E-state index in [4.69, 9.17) is 4.74 Å². The minimum Gasteiger partial charge on any atom is -0.497 e. The van der Waals surface area contributed by atoms with Gasteiger partial charge in [-0.3, -0.25) is 14.5 Å². The van der Waals surface area contributed by atoms with E-state index in [-0.39, 0.29) is 11.8 Å². The molecule has 0 radical (unpaired) electrons. The predicted octanol–water partition coefficient (Wildman–Crippen LogP) is 4.07. The summed E-state index contributed by atoms with van der Waals surface area (Å²) in [5.74, 6) is 1.08. The van der Waals surface area contributed by atoms with Crippen LogP contribution in [0.4, 0.5) is 10.8 Å². The van der Waals surface area contributed by atoms with E-state index >= 15 is 0 Å². The first-order chi connectivity index (χ1) is 14.2. The van der Waals surface area contributed by atoms with Gasteiger partial charge in [0.15, 0.2) is 4.34 Å². The minimum absolute atomic E-state index is 0.212. The van der Waals surface area contributed by atoms with Gasteiger partial charge in [-0.2, -0.15) is 0 Å². The summed E-state index contributed by atoms with van der Waals surface area (Å²) in [6.45, 7) is 0.396. The Balaban J connectivity index is 1.27. The normalized spacial score (nSPS) is 12.9. The van der Waals surface area contributed by atoms with Crippen LogP contribution >= 0.6 is 23.1 Å². The van der Waals surface area contributed by atoms with E-state index in [1.54, 1.807) is 43.1 Å². The lowest BCUT2D eigenvalue weighted by atomic mass is 10.1. The van der Waals surface area contributed by atoms with Crippen molar-refractivity contribution in [2.24, 2.45) is 0 Å². The second-order valence-corrected chi connectivity index (χ2v) is 8.56. The molecular weight excluding hydrogens is 408 g/mol. The molecule has 29 heavy (non-hydrogen) atoms. The molecule has 2 heterocycles. The van der Waals surface area contributed by atoms with Crippen LogP contribution in [-0.4, -0.2) is 46.3 Å². The fourth-order valence-corrected chi connectivity index (χ4v) is 4.73. The lowest BCUT2D eigenvalue weighted by Gasteiger charge is -2.12. The maximum atomic E-state index is 12.4. The molecule has 1 N–H and O–H groups in total. The van der Waals surface area contributed by atoms with Crippen molar-refractivity contribution < 1.29 is 14.3 Å². The molecule has 0 fully saturated rings. The average molecular weight is 427 g/mol. The highest BCUT2D eigenvalue weighted by atomic mass is 32.2. The van der Waals surface area contributed by atoms with Crippen LogP contribution in [0.2, 0.25) is 0 Å². The van der Waals surface area contributed by atoms with Crippen molar-refractivity contribution in [3.63, 3.8) is 0 Å². The third-order valence-electron chi connectivity index (χ3n) is 4.36. The fraction of sp³-hybridized carbons (Fsp3) is 0.200. The number of rotatable bonds is 8. The van der Waals surface area contributed by atoms with Gasteiger partial charge in [0.05, 0.1) is 18.2 Å². The number of imide groups is 1. The maximum Gasteiger partial charge on any atom is 0.261 e. The lowest BCUT2D eigenvalue weighted by Crippen LogP contribution is -2.30. The fourth-order valence-electron chi connectivity index (χ4n) is 2.97. The number of amides is 2. The molecule has 0 saturated carbocycles. The van der Waals surface area contributed by atoms with E-state index < -0.39 is 0 Å². The van der Waals surface area contributed by atoms with E-state index in [0.717, 1.165) is 21.5 Å². The maximum absolute atomic E-state index is 12.4. The van der Waals surface area contributed by atoms with Gasteiger partial charge in [-0.1, -0.05) is 41.3 Å². The summed E-state index contributed by atoms with van der Waals surface area (Å²) in [5.41, 5.74) is 1.85. The number of carbonyl (C=O) groups excluding carboxylic acids is 2. The Morgan fingerprint density at radius 1 is 1.07 bits per heavy atom. The van der Waals surface area contributed by atoms with Crippen molar-refractivity contribution in [3.8, 4) is 5.75 Å². The number of hydrogen-bond acceptors (Lipinski definition) is 8. The number of fused-ring (bicyclic) bond motifs is 1. The molecule has 0 aliphatic carbocycles. The molecule has 7 nitrogen and oxygen atoms in total. The molecule has 0 bridgehead atoms. The molecule has 0 spiro atoms. The van der Waals surface area contributed by atoms with E-state index in [1.165, 1.54) is 16.2 Å². The van der Waals surface area contributed by atoms with Gasteiger partial charge in [-0.25, -0.2) is 0 Å². The van der Waals surface area contributed by atoms with Crippen molar-refractivity contribution in [2.75, 3.05) is 24.7 Å². The Hall–Kier alpha value is -2.91. The Morgan fingerprint density at radius 2 is 1.83 bits per heavy atom. The summed E-state index contributed by atoms with van der Waals surface area (Å²) >= 11 is 3.02. The zero-order valence-corrected chi connectivity index (χ0v) is 17.3. The van der Waals surface area contributed by atoms with E-state index in [0.29, 0.717) is 29.2 Å². The molecule has 9 heteroatoms. The Bertz CT molecular complexity index is 1020. The first-order valence-corrected chi connectivity index (χ1v) is 10.8. The zero-order chi connectivity index (χ0) is 20.2. The van der Waals surface area contributed by atoms with Gasteiger partial charge in [0.25, 0.3) is 11.8 Å². The van der Waals surface area contributed by atoms with E-state index in [2.05, 4.69) is 15.5 Å². The Morgan fingerprint density at radius 3 is 2.55 bits per heavy atom. The summed E-state index contributed by atoms with van der Waals surface area (Å²) < 4.78 is 6.04. The van der Waals surface area contributed by atoms with Crippen molar-refractivity contribution in [2.45, 2.75) is 10.8 Å². The minimum atomic E-state index is -0.212. The zero-order valence-electron chi connectivity index (χ0n) is 15.6. The lowest BCUT2D eigenvalue weighted by molar-refractivity contribution is 0.0655.